The van der Waals surface area contributed by atoms with E-state index in [0.29, 0.717) is 19.5 Å². The quantitative estimate of drug-likeness (QED) is 0.882. The summed E-state index contributed by atoms with van der Waals surface area (Å²) in [6.45, 7) is 3.07. The Morgan fingerprint density at radius 2 is 1.76 bits per heavy atom. The molecule has 1 atom stereocenters. The van der Waals surface area contributed by atoms with Crippen molar-refractivity contribution in [2.24, 2.45) is 5.92 Å². The average molecular weight is 290 g/mol. The van der Waals surface area contributed by atoms with Crippen LogP contribution in [0.2, 0.25) is 0 Å². The average Bonchev–Trinajstić information content (AvgIpc) is 2.48. The minimum Gasteiger partial charge on any atom is -0.481 e. The maximum Gasteiger partial charge on any atom is 0.307 e. The molecule has 5 nitrogen and oxygen atoms in total. The molecule has 114 valence electrons. The van der Waals surface area contributed by atoms with Crippen molar-refractivity contribution in [2.75, 3.05) is 33.2 Å². The van der Waals surface area contributed by atoms with Crippen LogP contribution in [0.1, 0.15) is 12.0 Å². The maximum absolute atomic E-state index is 12.3. The van der Waals surface area contributed by atoms with Crippen LogP contribution >= 0.6 is 0 Å². The first-order valence-electron chi connectivity index (χ1n) is 7.29. The molecular formula is C16H22N2O3. The summed E-state index contributed by atoms with van der Waals surface area (Å²) in [6.07, 6.45) is 0.476. The van der Waals surface area contributed by atoms with E-state index in [1.165, 1.54) is 0 Å². The highest BCUT2D eigenvalue weighted by Crippen LogP contribution is 2.15. The van der Waals surface area contributed by atoms with Crippen LogP contribution in [0.15, 0.2) is 30.3 Å². The number of likely N-dealkylation sites (N-methyl/N-ethyl adjacent to an activating group) is 1. The number of benzene rings is 1. The van der Waals surface area contributed by atoms with Crippen LogP contribution in [0.25, 0.3) is 0 Å². The highest BCUT2D eigenvalue weighted by molar-refractivity contribution is 5.82. The Hall–Kier alpha value is -1.88. The predicted octanol–water partition coefficient (Wildman–Crippen LogP) is 1.09. The number of piperazine rings is 1. The molecule has 0 bridgehead atoms. The van der Waals surface area contributed by atoms with Crippen molar-refractivity contribution < 1.29 is 14.7 Å². The fourth-order valence-electron chi connectivity index (χ4n) is 2.54. The number of nitrogens with zero attached hydrogens (tertiary/aromatic N) is 2. The number of carbonyl (C=O) groups is 2. The molecule has 1 aliphatic heterocycles. The molecule has 0 aliphatic carbocycles. The molecule has 0 radical (unpaired) electrons. The van der Waals surface area contributed by atoms with Crippen LogP contribution < -0.4 is 0 Å². The van der Waals surface area contributed by atoms with Gasteiger partial charge in [0.1, 0.15) is 0 Å². The fraction of sp³-hybridized carbons (Fsp3) is 0.500. The minimum atomic E-state index is -0.902. The molecule has 0 unspecified atom stereocenters. The molecule has 1 aromatic rings. The first-order chi connectivity index (χ1) is 10.1. The lowest BCUT2D eigenvalue weighted by Gasteiger charge is -2.33. The van der Waals surface area contributed by atoms with Crippen LogP contribution in [0.4, 0.5) is 0 Å². The molecule has 2 rings (SSSR count). The Kier molecular flexibility index (Phi) is 5.33. The van der Waals surface area contributed by atoms with Crippen molar-refractivity contribution in [1.82, 2.24) is 9.80 Å². The van der Waals surface area contributed by atoms with Crippen LogP contribution in [-0.2, 0) is 16.0 Å². The van der Waals surface area contributed by atoms with Gasteiger partial charge in [-0.3, -0.25) is 9.59 Å². The van der Waals surface area contributed by atoms with Gasteiger partial charge < -0.3 is 14.9 Å². The van der Waals surface area contributed by atoms with Crippen LogP contribution in [0.5, 0.6) is 0 Å². The summed E-state index contributed by atoms with van der Waals surface area (Å²) in [5.41, 5.74) is 0.955. The molecule has 1 N–H and O–H groups in total. The van der Waals surface area contributed by atoms with E-state index in [9.17, 15) is 14.7 Å². The molecule has 1 saturated heterocycles. The molecule has 1 fully saturated rings. The Morgan fingerprint density at radius 3 is 2.33 bits per heavy atom. The van der Waals surface area contributed by atoms with Gasteiger partial charge in [-0.1, -0.05) is 30.3 Å². The molecule has 1 aliphatic rings. The summed E-state index contributed by atoms with van der Waals surface area (Å²) < 4.78 is 0. The number of carboxylic acid groups (broad SMARTS) is 1. The highest BCUT2D eigenvalue weighted by Gasteiger charge is 2.26. The van der Waals surface area contributed by atoms with Gasteiger partial charge in [0, 0.05) is 32.6 Å². The fourth-order valence-corrected chi connectivity index (χ4v) is 2.54. The number of rotatable bonds is 5. The van der Waals surface area contributed by atoms with Gasteiger partial charge >= 0.3 is 5.97 Å². The van der Waals surface area contributed by atoms with Crippen molar-refractivity contribution >= 4 is 11.9 Å². The van der Waals surface area contributed by atoms with Crippen LogP contribution in [-0.4, -0.2) is 60.0 Å². The number of amides is 1. The summed E-state index contributed by atoms with van der Waals surface area (Å²) in [6, 6.07) is 9.47. The van der Waals surface area contributed by atoms with Crippen LogP contribution in [0, 0.1) is 5.92 Å². The van der Waals surface area contributed by atoms with Crippen LogP contribution in [0.3, 0.4) is 0 Å². The van der Waals surface area contributed by atoms with Gasteiger partial charge in [-0.05, 0) is 19.0 Å². The number of hydrogen-bond donors (Lipinski definition) is 1. The van der Waals surface area contributed by atoms with Gasteiger partial charge in [-0.25, -0.2) is 0 Å². The summed E-state index contributed by atoms with van der Waals surface area (Å²) >= 11 is 0. The van der Waals surface area contributed by atoms with Crippen molar-refractivity contribution in [2.45, 2.75) is 12.8 Å². The van der Waals surface area contributed by atoms with E-state index in [-0.39, 0.29) is 12.3 Å². The second kappa shape index (κ2) is 7.22. The summed E-state index contributed by atoms with van der Waals surface area (Å²) in [4.78, 5) is 27.6. The van der Waals surface area contributed by atoms with E-state index in [2.05, 4.69) is 4.90 Å². The van der Waals surface area contributed by atoms with Crippen molar-refractivity contribution in [3.63, 3.8) is 0 Å². The van der Waals surface area contributed by atoms with Crippen molar-refractivity contribution in [3.05, 3.63) is 35.9 Å². The first-order valence-corrected chi connectivity index (χ1v) is 7.29. The van der Waals surface area contributed by atoms with E-state index < -0.39 is 11.9 Å². The van der Waals surface area contributed by atoms with Crippen molar-refractivity contribution in [1.29, 1.82) is 0 Å². The lowest BCUT2D eigenvalue weighted by atomic mass is 9.95. The number of hydrogen-bond acceptors (Lipinski definition) is 3. The second-order valence-electron chi connectivity index (χ2n) is 5.61. The standard InChI is InChI=1S/C16H22N2O3/c1-17-7-9-18(10-8-17)15(19)12-14(16(20)21)11-13-5-3-2-4-6-13/h2-6,14H,7-12H2,1H3,(H,20,21)/t14-/m0/s1. The van der Waals surface area contributed by atoms with E-state index in [1.54, 1.807) is 4.90 Å². The summed E-state index contributed by atoms with van der Waals surface area (Å²) in [5, 5.41) is 9.34. The zero-order valence-electron chi connectivity index (χ0n) is 12.4. The van der Waals surface area contributed by atoms with Gasteiger partial charge in [0.15, 0.2) is 0 Å². The smallest absolute Gasteiger partial charge is 0.307 e. The SMILES string of the molecule is CN1CCN(C(=O)C[C@H](Cc2ccccc2)C(=O)O)CC1. The minimum absolute atomic E-state index is 0.0496. The van der Waals surface area contributed by atoms with E-state index >= 15 is 0 Å². The first kappa shape index (κ1) is 15.5. The predicted molar refractivity (Wildman–Crippen MR) is 80.0 cm³/mol. The Bertz CT molecular complexity index is 482. The molecule has 1 aromatic carbocycles. The highest BCUT2D eigenvalue weighted by atomic mass is 16.4. The molecule has 0 aromatic heterocycles. The third kappa shape index (κ3) is 4.56. The van der Waals surface area contributed by atoms with Crippen molar-refractivity contribution in [3.8, 4) is 0 Å². The molecular weight excluding hydrogens is 268 g/mol. The molecule has 1 amide bonds. The largest absolute Gasteiger partial charge is 0.481 e. The summed E-state index contributed by atoms with van der Waals surface area (Å²) in [5.74, 6) is -1.60. The molecule has 5 heteroatoms. The van der Waals surface area contributed by atoms with E-state index in [1.807, 2.05) is 37.4 Å². The van der Waals surface area contributed by atoms with Gasteiger partial charge in [-0.2, -0.15) is 0 Å². The molecule has 0 saturated carbocycles. The number of aliphatic carboxylic acids is 1. The third-order valence-electron chi connectivity index (χ3n) is 3.95. The van der Waals surface area contributed by atoms with E-state index in [4.69, 9.17) is 0 Å². The number of carboxylic acids is 1. The second-order valence-corrected chi connectivity index (χ2v) is 5.61. The Morgan fingerprint density at radius 1 is 1.14 bits per heavy atom. The Balaban J connectivity index is 1.93. The zero-order chi connectivity index (χ0) is 15.2. The summed E-state index contributed by atoms with van der Waals surface area (Å²) in [7, 11) is 2.03. The zero-order valence-corrected chi connectivity index (χ0v) is 12.4. The topological polar surface area (TPSA) is 60.9 Å². The van der Waals surface area contributed by atoms with E-state index in [0.717, 1.165) is 18.7 Å². The number of carbonyl (C=O) groups excluding carboxylic acids is 1. The Labute approximate surface area is 125 Å². The molecule has 1 heterocycles. The maximum atomic E-state index is 12.3. The lowest BCUT2D eigenvalue weighted by Crippen LogP contribution is -2.47. The monoisotopic (exact) mass is 290 g/mol. The van der Waals surface area contributed by atoms with Gasteiger partial charge in [0.25, 0.3) is 0 Å². The van der Waals surface area contributed by atoms with Gasteiger partial charge in [0.05, 0.1) is 5.92 Å². The molecule has 0 spiro atoms. The van der Waals surface area contributed by atoms with Gasteiger partial charge in [0.2, 0.25) is 5.91 Å². The van der Waals surface area contributed by atoms with Gasteiger partial charge in [-0.15, -0.1) is 0 Å². The lowest BCUT2D eigenvalue weighted by molar-refractivity contribution is -0.146. The normalized spacial score (nSPS) is 17.5. The molecule has 21 heavy (non-hydrogen) atoms. The third-order valence-corrected chi connectivity index (χ3v) is 3.95.